The number of hydrogen-bond acceptors (Lipinski definition) is 5. The van der Waals surface area contributed by atoms with Crippen molar-refractivity contribution in [3.8, 4) is 16.9 Å². The van der Waals surface area contributed by atoms with Crippen LogP contribution in [-0.2, 0) is 0 Å². The minimum Gasteiger partial charge on any atom is -0.496 e. The van der Waals surface area contributed by atoms with Gasteiger partial charge in [0.25, 0.3) is 5.91 Å². The monoisotopic (exact) mass is 348 g/mol. The molecule has 6 nitrogen and oxygen atoms in total. The second-order valence-corrected chi connectivity index (χ2v) is 6.38. The summed E-state index contributed by atoms with van der Waals surface area (Å²) >= 11 is 0. The fourth-order valence-corrected chi connectivity index (χ4v) is 2.89. The summed E-state index contributed by atoms with van der Waals surface area (Å²) < 4.78 is 5.50. The van der Waals surface area contributed by atoms with Gasteiger partial charge in [0, 0.05) is 35.8 Å². The molecule has 3 aromatic rings. The molecule has 2 aromatic carbocycles. The minimum atomic E-state index is -0.0424. The van der Waals surface area contributed by atoms with Gasteiger partial charge in [-0.15, -0.1) is 0 Å². The van der Waals surface area contributed by atoms with Crippen LogP contribution in [0.5, 0.6) is 5.75 Å². The summed E-state index contributed by atoms with van der Waals surface area (Å²) in [6.45, 7) is 0. The van der Waals surface area contributed by atoms with Gasteiger partial charge in [-0.3, -0.25) is 4.79 Å². The SMILES string of the molecule is CNc1ncc2cc(-c3cc(C(=O)NC4CC4)ccc3OC)ccc2n1. The van der Waals surface area contributed by atoms with E-state index in [1.54, 1.807) is 26.4 Å². The quantitative estimate of drug-likeness (QED) is 0.740. The fraction of sp³-hybridized carbons (Fsp3) is 0.250. The van der Waals surface area contributed by atoms with Crippen LogP contribution in [0.25, 0.3) is 22.0 Å². The van der Waals surface area contributed by atoms with Crippen LogP contribution in [0.4, 0.5) is 5.95 Å². The van der Waals surface area contributed by atoms with Crippen LogP contribution >= 0.6 is 0 Å². The molecule has 0 unspecified atom stereocenters. The topological polar surface area (TPSA) is 76.1 Å². The van der Waals surface area contributed by atoms with Gasteiger partial charge in [-0.2, -0.15) is 0 Å². The zero-order chi connectivity index (χ0) is 18.1. The molecule has 0 radical (unpaired) electrons. The molecule has 2 N–H and O–H groups in total. The number of rotatable bonds is 5. The average molecular weight is 348 g/mol. The molecular weight excluding hydrogens is 328 g/mol. The van der Waals surface area contributed by atoms with Gasteiger partial charge in [-0.25, -0.2) is 9.97 Å². The van der Waals surface area contributed by atoms with E-state index in [0.717, 1.165) is 40.6 Å². The van der Waals surface area contributed by atoms with Crippen LogP contribution in [0, 0.1) is 0 Å². The predicted molar refractivity (Wildman–Crippen MR) is 102 cm³/mol. The van der Waals surface area contributed by atoms with Gasteiger partial charge in [0.2, 0.25) is 5.95 Å². The summed E-state index contributed by atoms with van der Waals surface area (Å²) in [5.41, 5.74) is 3.32. The van der Waals surface area contributed by atoms with Crippen LogP contribution in [0.1, 0.15) is 23.2 Å². The standard InChI is InChI=1S/C20H20N4O2/c1-21-20-22-11-14-9-12(3-7-17(14)24-20)16-10-13(4-8-18(16)26-2)19(25)23-15-5-6-15/h3-4,7-11,15H,5-6H2,1-2H3,(H,23,25)(H,21,22,24). The van der Waals surface area contributed by atoms with Crippen LogP contribution < -0.4 is 15.4 Å². The third-order valence-corrected chi connectivity index (χ3v) is 4.49. The number of hydrogen-bond donors (Lipinski definition) is 2. The van der Waals surface area contributed by atoms with Crippen molar-refractivity contribution in [1.82, 2.24) is 15.3 Å². The average Bonchev–Trinajstić information content (AvgIpc) is 3.50. The Kier molecular flexibility index (Phi) is 4.16. The number of nitrogens with one attached hydrogen (secondary N) is 2. The van der Waals surface area contributed by atoms with Crippen LogP contribution in [0.2, 0.25) is 0 Å². The predicted octanol–water partition coefficient (Wildman–Crippen LogP) is 3.24. The fourth-order valence-electron chi connectivity index (χ4n) is 2.89. The molecule has 0 aliphatic heterocycles. The maximum atomic E-state index is 12.4. The number of fused-ring (bicyclic) bond motifs is 1. The molecule has 4 rings (SSSR count). The molecule has 1 aliphatic rings. The molecule has 1 fully saturated rings. The van der Waals surface area contributed by atoms with Gasteiger partial charge in [-0.1, -0.05) is 6.07 Å². The van der Waals surface area contributed by atoms with Crippen LogP contribution in [0.15, 0.2) is 42.6 Å². The maximum Gasteiger partial charge on any atom is 0.251 e. The minimum absolute atomic E-state index is 0.0424. The number of nitrogens with zero attached hydrogens (tertiary/aromatic N) is 2. The summed E-state index contributed by atoms with van der Waals surface area (Å²) in [6.07, 6.45) is 3.91. The van der Waals surface area contributed by atoms with Gasteiger partial charge < -0.3 is 15.4 Å². The summed E-state index contributed by atoms with van der Waals surface area (Å²) in [5.74, 6) is 1.26. The third kappa shape index (κ3) is 3.18. The van der Waals surface area contributed by atoms with E-state index >= 15 is 0 Å². The van der Waals surface area contributed by atoms with Gasteiger partial charge in [0.1, 0.15) is 5.75 Å². The Bertz CT molecular complexity index is 983. The third-order valence-electron chi connectivity index (χ3n) is 4.49. The summed E-state index contributed by atoms with van der Waals surface area (Å²) in [4.78, 5) is 21.1. The first-order valence-electron chi connectivity index (χ1n) is 8.62. The maximum absolute atomic E-state index is 12.4. The molecule has 132 valence electrons. The van der Waals surface area contributed by atoms with E-state index in [0.29, 0.717) is 17.6 Å². The van der Waals surface area contributed by atoms with Crippen molar-refractivity contribution >= 4 is 22.8 Å². The Morgan fingerprint density at radius 2 is 2.04 bits per heavy atom. The van der Waals surface area contributed by atoms with Crippen LogP contribution in [0.3, 0.4) is 0 Å². The van der Waals surface area contributed by atoms with Crippen molar-refractivity contribution in [2.45, 2.75) is 18.9 Å². The van der Waals surface area contributed by atoms with Gasteiger partial charge in [0.05, 0.1) is 12.6 Å². The van der Waals surface area contributed by atoms with Crippen molar-refractivity contribution in [2.24, 2.45) is 0 Å². The first kappa shape index (κ1) is 16.3. The van der Waals surface area contributed by atoms with E-state index in [1.165, 1.54) is 0 Å². The number of carbonyl (C=O) groups excluding carboxylic acids is 1. The lowest BCUT2D eigenvalue weighted by molar-refractivity contribution is 0.0951. The highest BCUT2D eigenvalue weighted by atomic mass is 16.5. The Morgan fingerprint density at radius 1 is 1.19 bits per heavy atom. The van der Waals surface area contributed by atoms with E-state index in [2.05, 4.69) is 20.6 Å². The molecule has 1 aromatic heterocycles. The van der Waals surface area contributed by atoms with Crippen LogP contribution in [-0.4, -0.2) is 36.1 Å². The molecular formula is C20H20N4O2. The molecule has 1 amide bonds. The number of methoxy groups -OCH3 is 1. The number of amides is 1. The lowest BCUT2D eigenvalue weighted by Gasteiger charge is -2.12. The number of anilines is 1. The number of carbonyl (C=O) groups is 1. The molecule has 1 heterocycles. The summed E-state index contributed by atoms with van der Waals surface area (Å²) in [6, 6.07) is 11.8. The van der Waals surface area contributed by atoms with Crippen molar-refractivity contribution < 1.29 is 9.53 Å². The summed E-state index contributed by atoms with van der Waals surface area (Å²) in [5, 5.41) is 6.89. The van der Waals surface area contributed by atoms with Gasteiger partial charge >= 0.3 is 0 Å². The molecule has 1 aliphatic carbocycles. The van der Waals surface area contributed by atoms with Crippen molar-refractivity contribution in [1.29, 1.82) is 0 Å². The zero-order valence-corrected chi connectivity index (χ0v) is 14.7. The molecule has 1 saturated carbocycles. The largest absolute Gasteiger partial charge is 0.496 e. The smallest absolute Gasteiger partial charge is 0.251 e. The van der Waals surface area contributed by atoms with E-state index in [1.807, 2.05) is 30.3 Å². The Morgan fingerprint density at radius 3 is 2.77 bits per heavy atom. The molecule has 0 atom stereocenters. The van der Waals surface area contributed by atoms with Gasteiger partial charge in [0.15, 0.2) is 0 Å². The molecule has 26 heavy (non-hydrogen) atoms. The van der Waals surface area contributed by atoms with E-state index in [-0.39, 0.29) is 5.91 Å². The Labute approximate surface area is 151 Å². The lowest BCUT2D eigenvalue weighted by atomic mass is 10.00. The van der Waals surface area contributed by atoms with Gasteiger partial charge in [-0.05, 0) is 48.7 Å². The second-order valence-electron chi connectivity index (χ2n) is 6.38. The first-order chi connectivity index (χ1) is 12.7. The summed E-state index contributed by atoms with van der Waals surface area (Å²) in [7, 11) is 3.42. The Balaban J connectivity index is 1.74. The van der Waals surface area contributed by atoms with Crippen molar-refractivity contribution in [3.05, 3.63) is 48.2 Å². The van der Waals surface area contributed by atoms with E-state index in [9.17, 15) is 4.79 Å². The number of ether oxygens (including phenoxy) is 1. The first-order valence-corrected chi connectivity index (χ1v) is 8.62. The highest BCUT2D eigenvalue weighted by Crippen LogP contribution is 2.33. The highest BCUT2D eigenvalue weighted by molar-refractivity contribution is 5.97. The number of benzene rings is 2. The molecule has 0 spiro atoms. The number of aromatic nitrogens is 2. The van der Waals surface area contributed by atoms with E-state index in [4.69, 9.17) is 4.74 Å². The Hall–Kier alpha value is -3.15. The zero-order valence-electron chi connectivity index (χ0n) is 14.7. The van der Waals surface area contributed by atoms with Crippen molar-refractivity contribution in [2.75, 3.05) is 19.5 Å². The van der Waals surface area contributed by atoms with E-state index < -0.39 is 0 Å². The molecule has 6 heteroatoms. The van der Waals surface area contributed by atoms with Crippen molar-refractivity contribution in [3.63, 3.8) is 0 Å². The molecule has 0 bridgehead atoms. The normalized spacial score (nSPS) is 13.5. The molecule has 0 saturated heterocycles. The lowest BCUT2D eigenvalue weighted by Crippen LogP contribution is -2.25. The second kappa shape index (κ2) is 6.63. The highest BCUT2D eigenvalue weighted by Gasteiger charge is 2.24.